The second-order valence-electron chi connectivity index (χ2n) is 6.56. The van der Waals surface area contributed by atoms with E-state index in [9.17, 15) is 13.2 Å². The molecule has 1 aliphatic rings. The molecule has 0 atom stereocenters. The molecule has 0 saturated carbocycles. The highest BCUT2D eigenvalue weighted by atomic mass is 32.2. The average molecular weight is 373 g/mol. The van der Waals surface area contributed by atoms with Crippen molar-refractivity contribution in [2.45, 2.75) is 11.8 Å². The highest BCUT2D eigenvalue weighted by molar-refractivity contribution is 7.89. The lowest BCUT2D eigenvalue weighted by atomic mass is 10.2. The summed E-state index contributed by atoms with van der Waals surface area (Å²) in [7, 11) is -1.62. The standard InChI is InChI=1S/C19H23N3O3S/c1-15-6-8-17(9-7-15)20-19(23)16-4-3-5-18(14-16)26(24,25)22-12-10-21(2)11-13-22/h3-9,14H,10-13H2,1-2H3,(H,20,23). The summed E-state index contributed by atoms with van der Waals surface area (Å²) in [5.41, 5.74) is 2.09. The molecule has 0 bridgehead atoms. The zero-order valence-corrected chi connectivity index (χ0v) is 15.8. The molecule has 1 N–H and O–H groups in total. The summed E-state index contributed by atoms with van der Waals surface area (Å²) < 4.78 is 27.2. The van der Waals surface area contributed by atoms with Crippen LogP contribution in [0, 0.1) is 6.92 Å². The minimum atomic E-state index is -3.59. The van der Waals surface area contributed by atoms with Crippen LogP contribution in [-0.2, 0) is 10.0 Å². The number of piperazine rings is 1. The summed E-state index contributed by atoms with van der Waals surface area (Å²) in [4.78, 5) is 14.7. The van der Waals surface area contributed by atoms with Gasteiger partial charge in [0.15, 0.2) is 0 Å². The van der Waals surface area contributed by atoms with Gasteiger partial charge in [-0.1, -0.05) is 23.8 Å². The molecule has 2 aromatic rings. The molecule has 138 valence electrons. The van der Waals surface area contributed by atoms with Crippen LogP contribution in [-0.4, -0.2) is 56.8 Å². The van der Waals surface area contributed by atoms with Gasteiger partial charge in [0.1, 0.15) is 0 Å². The Balaban J connectivity index is 1.79. The smallest absolute Gasteiger partial charge is 0.255 e. The maximum atomic E-state index is 12.8. The maximum absolute atomic E-state index is 12.8. The van der Waals surface area contributed by atoms with E-state index >= 15 is 0 Å². The van der Waals surface area contributed by atoms with Crippen molar-refractivity contribution in [3.8, 4) is 0 Å². The monoisotopic (exact) mass is 373 g/mol. The predicted octanol–water partition coefficient (Wildman–Crippen LogP) is 2.18. The van der Waals surface area contributed by atoms with Crippen LogP contribution < -0.4 is 5.32 Å². The molecule has 1 amide bonds. The number of carbonyl (C=O) groups is 1. The average Bonchev–Trinajstić information content (AvgIpc) is 2.64. The number of carbonyl (C=O) groups excluding carboxylic acids is 1. The lowest BCUT2D eigenvalue weighted by Gasteiger charge is -2.31. The number of nitrogens with zero attached hydrogens (tertiary/aromatic N) is 2. The number of amides is 1. The Hall–Kier alpha value is -2.22. The summed E-state index contributed by atoms with van der Waals surface area (Å²) in [6, 6.07) is 13.6. The third-order valence-electron chi connectivity index (χ3n) is 4.51. The molecule has 1 heterocycles. The Labute approximate surface area is 154 Å². The van der Waals surface area contributed by atoms with Gasteiger partial charge >= 0.3 is 0 Å². The second kappa shape index (κ2) is 7.57. The van der Waals surface area contributed by atoms with E-state index in [2.05, 4.69) is 10.2 Å². The zero-order chi connectivity index (χ0) is 18.7. The molecule has 0 aromatic heterocycles. The van der Waals surface area contributed by atoms with Gasteiger partial charge in [0.2, 0.25) is 10.0 Å². The van der Waals surface area contributed by atoms with E-state index in [4.69, 9.17) is 0 Å². The summed E-state index contributed by atoms with van der Waals surface area (Å²) in [5, 5.41) is 2.80. The van der Waals surface area contributed by atoms with Crippen LogP contribution in [0.25, 0.3) is 0 Å². The van der Waals surface area contributed by atoms with E-state index in [0.29, 0.717) is 37.4 Å². The lowest BCUT2D eigenvalue weighted by Crippen LogP contribution is -2.47. The first-order chi connectivity index (χ1) is 12.4. The van der Waals surface area contributed by atoms with Gasteiger partial charge in [0, 0.05) is 37.4 Å². The van der Waals surface area contributed by atoms with Crippen molar-refractivity contribution >= 4 is 21.6 Å². The molecular weight excluding hydrogens is 350 g/mol. The van der Waals surface area contributed by atoms with E-state index in [1.54, 1.807) is 12.1 Å². The molecule has 7 heteroatoms. The van der Waals surface area contributed by atoms with Gasteiger partial charge < -0.3 is 10.2 Å². The number of benzene rings is 2. The van der Waals surface area contributed by atoms with Crippen molar-refractivity contribution in [1.29, 1.82) is 0 Å². The molecule has 0 unspecified atom stereocenters. The number of hydrogen-bond acceptors (Lipinski definition) is 4. The molecule has 3 rings (SSSR count). The Morgan fingerprint density at radius 3 is 2.31 bits per heavy atom. The van der Waals surface area contributed by atoms with Gasteiger partial charge in [-0.15, -0.1) is 0 Å². The Morgan fingerprint density at radius 2 is 1.65 bits per heavy atom. The first kappa shape index (κ1) is 18.6. The zero-order valence-electron chi connectivity index (χ0n) is 15.0. The SMILES string of the molecule is Cc1ccc(NC(=O)c2cccc(S(=O)(=O)N3CCN(C)CC3)c2)cc1. The van der Waals surface area contributed by atoms with E-state index in [-0.39, 0.29) is 10.8 Å². The molecule has 1 aliphatic heterocycles. The quantitative estimate of drug-likeness (QED) is 0.892. The number of aryl methyl sites for hydroxylation is 1. The van der Waals surface area contributed by atoms with Crippen molar-refractivity contribution in [2.24, 2.45) is 0 Å². The van der Waals surface area contributed by atoms with Gasteiger partial charge in [0.05, 0.1) is 4.90 Å². The van der Waals surface area contributed by atoms with Crippen molar-refractivity contribution in [2.75, 3.05) is 38.5 Å². The number of nitrogens with one attached hydrogen (secondary N) is 1. The van der Waals surface area contributed by atoms with Crippen molar-refractivity contribution in [3.63, 3.8) is 0 Å². The topological polar surface area (TPSA) is 69.7 Å². The number of anilines is 1. The highest BCUT2D eigenvalue weighted by Crippen LogP contribution is 2.19. The minimum absolute atomic E-state index is 0.151. The summed E-state index contributed by atoms with van der Waals surface area (Å²) in [6.07, 6.45) is 0. The third kappa shape index (κ3) is 4.12. The highest BCUT2D eigenvalue weighted by Gasteiger charge is 2.27. The van der Waals surface area contributed by atoms with E-state index in [1.165, 1.54) is 16.4 Å². The Morgan fingerprint density at radius 1 is 1.00 bits per heavy atom. The third-order valence-corrected chi connectivity index (χ3v) is 6.40. The first-order valence-electron chi connectivity index (χ1n) is 8.53. The Kier molecular flexibility index (Phi) is 5.41. The van der Waals surface area contributed by atoms with Crippen LogP contribution in [0.1, 0.15) is 15.9 Å². The molecule has 0 aliphatic carbocycles. The fraction of sp³-hybridized carbons (Fsp3) is 0.316. The fourth-order valence-electron chi connectivity index (χ4n) is 2.82. The van der Waals surface area contributed by atoms with Crippen LogP contribution >= 0.6 is 0 Å². The molecule has 6 nitrogen and oxygen atoms in total. The van der Waals surface area contributed by atoms with Gasteiger partial charge in [-0.05, 0) is 44.3 Å². The fourth-order valence-corrected chi connectivity index (χ4v) is 4.28. The predicted molar refractivity (Wildman–Crippen MR) is 102 cm³/mol. The number of rotatable bonds is 4. The summed E-state index contributed by atoms with van der Waals surface area (Å²) in [5.74, 6) is -0.329. The molecular formula is C19H23N3O3S. The van der Waals surface area contributed by atoms with Crippen molar-refractivity contribution in [3.05, 3.63) is 59.7 Å². The molecule has 1 fully saturated rings. The van der Waals surface area contributed by atoms with Crippen molar-refractivity contribution in [1.82, 2.24) is 9.21 Å². The van der Waals surface area contributed by atoms with Crippen LogP contribution in [0.5, 0.6) is 0 Å². The van der Waals surface area contributed by atoms with E-state index in [0.717, 1.165) is 5.56 Å². The van der Waals surface area contributed by atoms with Crippen LogP contribution in [0.3, 0.4) is 0 Å². The summed E-state index contributed by atoms with van der Waals surface area (Å²) in [6.45, 7) is 4.29. The molecule has 26 heavy (non-hydrogen) atoms. The summed E-state index contributed by atoms with van der Waals surface area (Å²) >= 11 is 0. The van der Waals surface area contributed by atoms with Gasteiger partial charge in [-0.2, -0.15) is 4.31 Å². The van der Waals surface area contributed by atoms with E-state index < -0.39 is 10.0 Å². The Bertz CT molecular complexity index is 887. The van der Waals surface area contributed by atoms with Crippen LogP contribution in [0.15, 0.2) is 53.4 Å². The molecule has 0 spiro atoms. The maximum Gasteiger partial charge on any atom is 0.255 e. The number of likely N-dealkylation sites (N-methyl/N-ethyl adjacent to an activating group) is 1. The first-order valence-corrected chi connectivity index (χ1v) is 9.97. The van der Waals surface area contributed by atoms with Crippen molar-refractivity contribution < 1.29 is 13.2 Å². The molecule has 0 radical (unpaired) electrons. The van der Waals surface area contributed by atoms with E-state index in [1.807, 2.05) is 38.2 Å². The normalized spacial score (nSPS) is 16.4. The number of sulfonamides is 1. The molecule has 2 aromatic carbocycles. The largest absolute Gasteiger partial charge is 0.322 e. The minimum Gasteiger partial charge on any atom is -0.322 e. The lowest BCUT2D eigenvalue weighted by molar-refractivity contribution is 0.102. The van der Waals surface area contributed by atoms with Crippen LogP contribution in [0.2, 0.25) is 0 Å². The molecule has 1 saturated heterocycles. The second-order valence-corrected chi connectivity index (χ2v) is 8.49. The van der Waals surface area contributed by atoms with Crippen LogP contribution in [0.4, 0.5) is 5.69 Å². The van der Waals surface area contributed by atoms with Gasteiger partial charge in [0.25, 0.3) is 5.91 Å². The number of hydrogen-bond donors (Lipinski definition) is 1. The van der Waals surface area contributed by atoms with Gasteiger partial charge in [-0.3, -0.25) is 4.79 Å². The van der Waals surface area contributed by atoms with Gasteiger partial charge in [-0.25, -0.2) is 8.42 Å².